The zero-order chi connectivity index (χ0) is 43.9. The predicted octanol–water partition coefficient (Wildman–Crippen LogP) is 17.5. The molecule has 3 heteroatoms. The Hall–Kier alpha value is -8.40. The summed E-state index contributed by atoms with van der Waals surface area (Å²) in [5, 5.41) is 10.2. The average Bonchev–Trinajstić information content (AvgIpc) is 3.71. The van der Waals surface area contributed by atoms with Crippen LogP contribution in [-0.2, 0) is 5.41 Å². The van der Waals surface area contributed by atoms with E-state index in [-0.39, 0.29) is 5.41 Å². The third kappa shape index (κ3) is 5.76. The number of fused-ring (bicyclic) bond motifs is 12. The highest BCUT2D eigenvalue weighted by atomic mass is 15.2. The molecule has 1 aliphatic rings. The Balaban J connectivity index is 1.04. The maximum absolute atomic E-state index is 2.54. The van der Waals surface area contributed by atoms with Crippen LogP contribution in [0.15, 0.2) is 237 Å². The highest BCUT2D eigenvalue weighted by molar-refractivity contribution is 6.27. The van der Waals surface area contributed by atoms with Gasteiger partial charge in [-0.3, -0.25) is 0 Å². The monoisotopic (exact) mass is 843 g/mol. The molecule has 1 aliphatic heterocycles. The number of benzene rings is 11. The molecule has 0 atom stereocenters. The minimum absolute atomic E-state index is 0.368. The van der Waals surface area contributed by atoms with E-state index in [0.29, 0.717) is 0 Å². The summed E-state index contributed by atoms with van der Waals surface area (Å²) in [6.45, 7) is 4.87. The smallest absolute Gasteiger partial charge is 0.0542 e. The lowest BCUT2D eigenvalue weighted by atomic mass is 9.70. The van der Waals surface area contributed by atoms with Crippen molar-refractivity contribution >= 4 is 88.2 Å². The first-order valence-electron chi connectivity index (χ1n) is 22.9. The second-order valence-electron chi connectivity index (χ2n) is 18.1. The van der Waals surface area contributed by atoms with Gasteiger partial charge in [-0.2, -0.15) is 0 Å². The lowest BCUT2D eigenvalue weighted by Gasteiger charge is -2.43. The highest BCUT2D eigenvalue weighted by Gasteiger charge is 2.39. The van der Waals surface area contributed by atoms with Crippen LogP contribution in [-0.4, -0.2) is 4.57 Å². The van der Waals surface area contributed by atoms with Gasteiger partial charge in [0.2, 0.25) is 0 Å². The highest BCUT2D eigenvalue weighted by Crippen LogP contribution is 2.57. The van der Waals surface area contributed by atoms with Gasteiger partial charge >= 0.3 is 0 Å². The summed E-state index contributed by atoms with van der Waals surface area (Å²) in [7, 11) is 0. The SMILES string of the molecule is CC1(C)c2cc(-c3ccc(N(c4ccccc4)c4ccccc4)cc3)ccc2N(c2ccc3c(c2)c2ccccc2n3-c2ccccc2)c2ccc3c4ccccc4c4ccccc4c3c21. The molecule has 12 aromatic rings. The van der Waals surface area contributed by atoms with Crippen LogP contribution >= 0.6 is 0 Å². The number of aromatic nitrogens is 1. The average molecular weight is 844 g/mol. The van der Waals surface area contributed by atoms with E-state index in [9.17, 15) is 0 Å². The van der Waals surface area contributed by atoms with Crippen molar-refractivity contribution in [1.29, 1.82) is 0 Å². The molecule has 0 amide bonds. The van der Waals surface area contributed by atoms with Gasteiger partial charge in [0, 0.05) is 44.6 Å². The number of hydrogen-bond donors (Lipinski definition) is 0. The lowest BCUT2D eigenvalue weighted by molar-refractivity contribution is 0.639. The van der Waals surface area contributed by atoms with Crippen LogP contribution in [0.2, 0.25) is 0 Å². The summed E-state index contributed by atoms with van der Waals surface area (Å²) in [6.07, 6.45) is 0. The molecule has 3 nitrogen and oxygen atoms in total. The minimum atomic E-state index is -0.368. The molecule has 2 heterocycles. The van der Waals surface area contributed by atoms with Crippen molar-refractivity contribution in [2.45, 2.75) is 19.3 Å². The standard InChI is InChI=1S/C63H45N3/c1-63(2)56-40-43(42-30-33-47(34-31-42)64(44-18-6-3-7-19-44)45-20-8-4-9-21-45)32-37-59(56)66(48-35-38-58-55(41-48)52-27-16-17-29-57(52)65(58)46-22-10-5-11-23-46)60-39-36-54-51-26-13-12-24-49(51)50-25-14-15-28-53(50)61(54)62(60)63/h3-41H,1-2H3. The summed E-state index contributed by atoms with van der Waals surface area (Å²) in [5.74, 6) is 0. The first-order chi connectivity index (χ1) is 32.5. The van der Waals surface area contributed by atoms with Crippen molar-refractivity contribution in [2.24, 2.45) is 0 Å². The first-order valence-corrected chi connectivity index (χ1v) is 22.9. The van der Waals surface area contributed by atoms with Crippen molar-refractivity contribution in [3.63, 3.8) is 0 Å². The molecule has 0 bridgehead atoms. The van der Waals surface area contributed by atoms with Crippen LogP contribution in [0, 0.1) is 0 Å². The summed E-state index contributed by atoms with van der Waals surface area (Å²) in [5.41, 5.74) is 15.1. The van der Waals surface area contributed by atoms with Crippen molar-refractivity contribution in [3.05, 3.63) is 248 Å². The molecule has 0 N–H and O–H groups in total. The molecule has 1 aromatic heterocycles. The van der Waals surface area contributed by atoms with E-state index >= 15 is 0 Å². The zero-order valence-electron chi connectivity index (χ0n) is 36.9. The van der Waals surface area contributed by atoms with Crippen LogP contribution in [0.3, 0.4) is 0 Å². The minimum Gasteiger partial charge on any atom is -0.311 e. The van der Waals surface area contributed by atoms with Gasteiger partial charge in [0.1, 0.15) is 0 Å². The number of nitrogens with zero attached hydrogens (tertiary/aromatic N) is 3. The Kier molecular flexibility index (Phi) is 8.56. The molecule has 0 spiro atoms. The molecule has 312 valence electrons. The molecule has 0 radical (unpaired) electrons. The molecule has 13 rings (SSSR count). The summed E-state index contributed by atoms with van der Waals surface area (Å²) >= 11 is 0. The van der Waals surface area contributed by atoms with E-state index in [0.717, 1.165) is 28.4 Å². The van der Waals surface area contributed by atoms with Crippen molar-refractivity contribution in [1.82, 2.24) is 4.57 Å². The van der Waals surface area contributed by atoms with Crippen molar-refractivity contribution in [2.75, 3.05) is 9.80 Å². The van der Waals surface area contributed by atoms with Gasteiger partial charge in [-0.15, -0.1) is 0 Å². The molecular formula is C63H45N3. The van der Waals surface area contributed by atoms with Gasteiger partial charge in [-0.05, 0) is 146 Å². The Bertz CT molecular complexity index is 3760. The van der Waals surface area contributed by atoms with E-state index < -0.39 is 0 Å². The normalized spacial score (nSPS) is 13.1. The van der Waals surface area contributed by atoms with Gasteiger partial charge < -0.3 is 14.4 Å². The number of anilines is 6. The van der Waals surface area contributed by atoms with E-state index in [1.54, 1.807) is 0 Å². The second kappa shape index (κ2) is 14.8. The Labute approximate surface area is 384 Å². The topological polar surface area (TPSA) is 11.4 Å². The van der Waals surface area contributed by atoms with Gasteiger partial charge in [-0.25, -0.2) is 0 Å². The fourth-order valence-electron chi connectivity index (χ4n) is 11.1. The van der Waals surface area contributed by atoms with E-state index in [4.69, 9.17) is 0 Å². The summed E-state index contributed by atoms with van der Waals surface area (Å²) in [4.78, 5) is 4.86. The summed E-state index contributed by atoms with van der Waals surface area (Å²) < 4.78 is 2.40. The number of rotatable bonds is 6. The fourth-order valence-corrected chi connectivity index (χ4v) is 11.1. The second-order valence-corrected chi connectivity index (χ2v) is 18.1. The Morgan fingerprint density at radius 2 is 0.848 bits per heavy atom. The van der Waals surface area contributed by atoms with E-state index in [1.165, 1.54) is 87.8 Å². The Morgan fingerprint density at radius 3 is 1.52 bits per heavy atom. The van der Waals surface area contributed by atoms with Crippen LogP contribution in [0.4, 0.5) is 34.1 Å². The van der Waals surface area contributed by atoms with E-state index in [2.05, 4.69) is 265 Å². The van der Waals surface area contributed by atoms with Gasteiger partial charge in [0.25, 0.3) is 0 Å². The number of para-hydroxylation sites is 4. The van der Waals surface area contributed by atoms with Crippen molar-refractivity contribution < 1.29 is 0 Å². The van der Waals surface area contributed by atoms with Crippen molar-refractivity contribution in [3.8, 4) is 16.8 Å². The van der Waals surface area contributed by atoms with Gasteiger partial charge in [0.15, 0.2) is 0 Å². The summed E-state index contributed by atoms with van der Waals surface area (Å²) in [6, 6.07) is 86.8. The largest absolute Gasteiger partial charge is 0.311 e. The quantitative estimate of drug-likeness (QED) is 0.155. The molecule has 66 heavy (non-hydrogen) atoms. The zero-order valence-corrected chi connectivity index (χ0v) is 36.9. The third-order valence-electron chi connectivity index (χ3n) is 14.1. The Morgan fingerprint density at radius 1 is 0.348 bits per heavy atom. The molecule has 0 fully saturated rings. The van der Waals surface area contributed by atoms with Crippen LogP contribution in [0.25, 0.3) is 70.9 Å². The molecule has 0 unspecified atom stereocenters. The van der Waals surface area contributed by atoms with Crippen LogP contribution in [0.1, 0.15) is 25.0 Å². The fraction of sp³-hybridized carbons (Fsp3) is 0.0476. The first kappa shape index (κ1) is 38.1. The van der Waals surface area contributed by atoms with Gasteiger partial charge in [-0.1, -0.05) is 159 Å². The third-order valence-corrected chi connectivity index (χ3v) is 14.1. The van der Waals surface area contributed by atoms with Crippen LogP contribution in [0.5, 0.6) is 0 Å². The maximum Gasteiger partial charge on any atom is 0.0542 e. The molecule has 0 saturated carbocycles. The van der Waals surface area contributed by atoms with E-state index in [1.807, 2.05) is 0 Å². The lowest BCUT2D eigenvalue weighted by Crippen LogP contribution is -2.31. The van der Waals surface area contributed by atoms with Crippen LogP contribution < -0.4 is 9.80 Å². The maximum atomic E-state index is 2.54. The molecule has 0 saturated heterocycles. The molecular weight excluding hydrogens is 799 g/mol. The molecule has 0 aliphatic carbocycles. The predicted molar refractivity (Wildman–Crippen MR) is 280 cm³/mol. The number of hydrogen-bond acceptors (Lipinski definition) is 2. The van der Waals surface area contributed by atoms with Gasteiger partial charge in [0.05, 0.1) is 22.4 Å². The molecule has 11 aromatic carbocycles.